The molecule has 0 spiro atoms. The lowest BCUT2D eigenvalue weighted by Crippen LogP contribution is -2.36. The van der Waals surface area contributed by atoms with Crippen LogP contribution in [0.3, 0.4) is 0 Å². The molecule has 1 aliphatic heterocycles. The number of amides is 2. The number of fused-ring (bicyclic) bond motifs is 1. The second-order valence-electron chi connectivity index (χ2n) is 6.53. The molecule has 0 aliphatic carbocycles. The third-order valence-electron chi connectivity index (χ3n) is 4.43. The van der Waals surface area contributed by atoms with Crippen molar-refractivity contribution >= 4 is 39.9 Å². The van der Waals surface area contributed by atoms with Crippen molar-refractivity contribution in [2.75, 3.05) is 11.9 Å². The van der Waals surface area contributed by atoms with E-state index in [4.69, 9.17) is 16.1 Å². The molecule has 2 amide bonds. The van der Waals surface area contributed by atoms with E-state index in [1.54, 1.807) is 25.1 Å². The summed E-state index contributed by atoms with van der Waals surface area (Å²) < 4.78 is 4.92. The van der Waals surface area contributed by atoms with Crippen LogP contribution in [-0.4, -0.2) is 33.4 Å². The maximum atomic E-state index is 12.6. The molecule has 3 aromatic rings. The van der Waals surface area contributed by atoms with Gasteiger partial charge in [-0.3, -0.25) is 14.9 Å². The van der Waals surface area contributed by atoms with Crippen molar-refractivity contribution in [2.45, 2.75) is 26.3 Å². The molecule has 1 aliphatic rings. The number of benzene rings is 1. The van der Waals surface area contributed by atoms with Crippen molar-refractivity contribution in [3.8, 4) is 0 Å². The maximum absolute atomic E-state index is 12.6. The van der Waals surface area contributed by atoms with E-state index >= 15 is 0 Å². The molecule has 144 valence electrons. The number of rotatable bonds is 4. The van der Waals surface area contributed by atoms with Crippen LogP contribution in [0.25, 0.3) is 0 Å². The predicted octanol–water partition coefficient (Wildman–Crippen LogP) is 3.47. The second-order valence-corrected chi connectivity index (χ2v) is 8.05. The van der Waals surface area contributed by atoms with Crippen LogP contribution < -0.4 is 5.32 Å². The van der Waals surface area contributed by atoms with Gasteiger partial charge in [0.2, 0.25) is 5.91 Å². The molecule has 0 unspecified atom stereocenters. The van der Waals surface area contributed by atoms with E-state index in [1.165, 1.54) is 11.3 Å². The Morgan fingerprint density at radius 2 is 2.11 bits per heavy atom. The van der Waals surface area contributed by atoms with Crippen LogP contribution in [0.5, 0.6) is 0 Å². The number of thiazole rings is 1. The number of hydrogen-bond donors (Lipinski definition) is 1. The number of aryl methyl sites for hydroxylation is 1. The first-order valence-electron chi connectivity index (χ1n) is 8.73. The Hall–Kier alpha value is -2.71. The van der Waals surface area contributed by atoms with Crippen molar-refractivity contribution < 1.29 is 14.1 Å². The summed E-state index contributed by atoms with van der Waals surface area (Å²) in [6.07, 6.45) is 0.998. The third kappa shape index (κ3) is 4.07. The Morgan fingerprint density at radius 3 is 2.82 bits per heavy atom. The van der Waals surface area contributed by atoms with E-state index in [2.05, 4.69) is 15.5 Å². The Labute approximate surface area is 170 Å². The number of halogens is 1. The van der Waals surface area contributed by atoms with E-state index in [0.29, 0.717) is 41.8 Å². The number of hydrogen-bond acceptors (Lipinski definition) is 6. The Kier molecular flexibility index (Phi) is 5.15. The smallest absolute Gasteiger partial charge is 0.279 e. The third-order valence-corrected chi connectivity index (χ3v) is 5.68. The number of anilines is 1. The fourth-order valence-electron chi connectivity index (χ4n) is 2.99. The largest absolute Gasteiger partial charge is 0.361 e. The van der Waals surface area contributed by atoms with Crippen LogP contribution in [0.2, 0.25) is 5.02 Å². The molecule has 0 radical (unpaired) electrons. The average molecular weight is 417 g/mol. The van der Waals surface area contributed by atoms with Gasteiger partial charge < -0.3 is 9.42 Å². The molecule has 0 atom stereocenters. The van der Waals surface area contributed by atoms with Gasteiger partial charge in [0.15, 0.2) is 10.8 Å². The zero-order chi connectivity index (χ0) is 19.7. The molecule has 0 fully saturated rings. The van der Waals surface area contributed by atoms with Gasteiger partial charge in [-0.05, 0) is 24.6 Å². The van der Waals surface area contributed by atoms with Crippen LogP contribution in [0.4, 0.5) is 5.13 Å². The van der Waals surface area contributed by atoms with Gasteiger partial charge in [0.1, 0.15) is 5.76 Å². The summed E-state index contributed by atoms with van der Waals surface area (Å²) >= 11 is 7.27. The second kappa shape index (κ2) is 7.73. The number of carbonyl (C=O) groups is 2. The quantitative estimate of drug-likeness (QED) is 0.703. The molecular formula is C19H17ClN4O3S. The first-order chi connectivity index (χ1) is 13.5. The fourth-order valence-corrected chi connectivity index (χ4v) is 4.13. The maximum Gasteiger partial charge on any atom is 0.279 e. The lowest BCUT2D eigenvalue weighted by atomic mass is 10.1. The predicted molar refractivity (Wildman–Crippen MR) is 106 cm³/mol. The van der Waals surface area contributed by atoms with Crippen molar-refractivity contribution in [2.24, 2.45) is 0 Å². The van der Waals surface area contributed by atoms with Gasteiger partial charge in [-0.1, -0.05) is 40.2 Å². The summed E-state index contributed by atoms with van der Waals surface area (Å²) in [4.78, 5) is 32.1. The molecule has 9 heteroatoms. The molecular weight excluding hydrogens is 400 g/mol. The Balaban J connectivity index is 1.40. The minimum Gasteiger partial charge on any atom is -0.361 e. The van der Waals surface area contributed by atoms with Gasteiger partial charge in [-0.2, -0.15) is 0 Å². The van der Waals surface area contributed by atoms with E-state index in [9.17, 15) is 9.59 Å². The summed E-state index contributed by atoms with van der Waals surface area (Å²) in [5, 5.41) is 7.61. The molecule has 4 rings (SSSR count). The first kappa shape index (κ1) is 18.6. The van der Waals surface area contributed by atoms with Crippen LogP contribution in [0, 0.1) is 6.92 Å². The molecule has 0 bridgehead atoms. The van der Waals surface area contributed by atoms with Gasteiger partial charge >= 0.3 is 0 Å². The standard InChI is InChI=1S/C19H17ClN4O3S/c1-11-8-15(23-27-11)18(26)22-19-21-14-6-7-24(10-16(14)28-19)17(25)9-12-2-4-13(20)5-3-12/h2-5,8H,6-7,9-10H2,1H3,(H,21,22,26). The molecule has 0 saturated heterocycles. The van der Waals surface area contributed by atoms with Crippen molar-refractivity contribution in [1.29, 1.82) is 0 Å². The van der Waals surface area contributed by atoms with Crippen LogP contribution in [0.15, 0.2) is 34.9 Å². The van der Waals surface area contributed by atoms with Crippen molar-refractivity contribution in [1.82, 2.24) is 15.0 Å². The number of nitrogens with one attached hydrogen (secondary N) is 1. The number of aromatic nitrogens is 2. The Morgan fingerprint density at radius 1 is 1.32 bits per heavy atom. The minimum atomic E-state index is -0.362. The highest BCUT2D eigenvalue weighted by Crippen LogP contribution is 2.29. The highest BCUT2D eigenvalue weighted by atomic mass is 35.5. The van der Waals surface area contributed by atoms with E-state index < -0.39 is 0 Å². The summed E-state index contributed by atoms with van der Waals surface area (Å²) in [6.45, 7) is 2.83. The van der Waals surface area contributed by atoms with Crippen molar-refractivity contribution in [3.05, 3.63) is 62.9 Å². The topological polar surface area (TPSA) is 88.3 Å². The van der Waals surface area contributed by atoms with Gasteiger partial charge in [0.05, 0.1) is 18.7 Å². The number of carbonyl (C=O) groups excluding carboxylic acids is 2. The van der Waals surface area contributed by atoms with Crippen LogP contribution in [0.1, 0.15) is 32.4 Å². The summed E-state index contributed by atoms with van der Waals surface area (Å²) in [7, 11) is 0. The SMILES string of the molecule is Cc1cc(C(=O)Nc2nc3c(s2)CN(C(=O)Cc2ccc(Cl)cc2)CC3)no1. The van der Waals surface area contributed by atoms with Gasteiger partial charge in [-0.25, -0.2) is 4.98 Å². The molecule has 3 heterocycles. The summed E-state index contributed by atoms with van der Waals surface area (Å²) in [5.74, 6) is 0.266. The Bertz CT molecular complexity index is 1030. The molecule has 28 heavy (non-hydrogen) atoms. The summed E-state index contributed by atoms with van der Waals surface area (Å²) in [6, 6.07) is 8.86. The van der Waals surface area contributed by atoms with Gasteiger partial charge in [0.25, 0.3) is 5.91 Å². The molecule has 1 aromatic carbocycles. The average Bonchev–Trinajstić information content (AvgIpc) is 3.28. The number of nitrogens with zero attached hydrogens (tertiary/aromatic N) is 3. The first-order valence-corrected chi connectivity index (χ1v) is 9.93. The minimum absolute atomic E-state index is 0.0602. The molecule has 1 N–H and O–H groups in total. The van der Waals surface area contributed by atoms with Crippen LogP contribution in [-0.2, 0) is 24.2 Å². The van der Waals surface area contributed by atoms with E-state index in [1.807, 2.05) is 17.0 Å². The normalized spacial score (nSPS) is 13.3. The zero-order valence-corrected chi connectivity index (χ0v) is 16.6. The van der Waals surface area contributed by atoms with Gasteiger partial charge in [0, 0.05) is 28.9 Å². The summed E-state index contributed by atoms with van der Waals surface area (Å²) in [5.41, 5.74) is 2.07. The highest BCUT2D eigenvalue weighted by Gasteiger charge is 2.25. The lowest BCUT2D eigenvalue weighted by Gasteiger charge is -2.26. The van der Waals surface area contributed by atoms with Crippen molar-refractivity contribution in [3.63, 3.8) is 0 Å². The molecule has 0 saturated carbocycles. The lowest BCUT2D eigenvalue weighted by molar-refractivity contribution is -0.131. The van der Waals surface area contributed by atoms with Crippen LogP contribution >= 0.6 is 22.9 Å². The zero-order valence-electron chi connectivity index (χ0n) is 15.1. The van der Waals surface area contributed by atoms with E-state index in [0.717, 1.165) is 16.1 Å². The van der Waals surface area contributed by atoms with E-state index in [-0.39, 0.29) is 17.5 Å². The fraction of sp³-hybridized carbons (Fsp3) is 0.263. The monoisotopic (exact) mass is 416 g/mol. The van der Waals surface area contributed by atoms with Gasteiger partial charge in [-0.15, -0.1) is 0 Å². The highest BCUT2D eigenvalue weighted by molar-refractivity contribution is 7.15. The molecule has 2 aromatic heterocycles. The molecule has 7 nitrogen and oxygen atoms in total.